The van der Waals surface area contributed by atoms with E-state index in [1.807, 2.05) is 6.92 Å². The summed E-state index contributed by atoms with van der Waals surface area (Å²) in [6, 6.07) is 7.00. The Bertz CT molecular complexity index is 627. The molecule has 0 atom stereocenters. The fraction of sp³-hybridized carbons (Fsp3) is 0.231. The molecule has 1 aromatic heterocycles. The minimum absolute atomic E-state index is 0.234. The number of anilines is 1. The van der Waals surface area contributed by atoms with Crippen molar-refractivity contribution in [3.63, 3.8) is 0 Å². The van der Waals surface area contributed by atoms with Gasteiger partial charge in [0.15, 0.2) is 10.1 Å². The van der Waals surface area contributed by atoms with E-state index in [4.69, 9.17) is 4.74 Å². The van der Waals surface area contributed by atoms with Crippen molar-refractivity contribution >= 4 is 27.4 Å². The second-order valence-electron chi connectivity index (χ2n) is 3.87. The molecule has 0 saturated heterocycles. The summed E-state index contributed by atoms with van der Waals surface area (Å²) in [5.74, 6) is 0.276. The molecule has 0 radical (unpaired) electrons. The molecule has 0 spiro atoms. The number of thiazole rings is 1. The zero-order valence-corrected chi connectivity index (χ0v) is 11.9. The summed E-state index contributed by atoms with van der Waals surface area (Å²) in [6.45, 7) is 2.33. The molecule has 6 nitrogen and oxygen atoms in total. The van der Waals surface area contributed by atoms with Crippen LogP contribution in [0, 0.1) is 4.91 Å². The van der Waals surface area contributed by atoms with E-state index in [2.05, 4.69) is 10.2 Å². The maximum atomic E-state index is 12.4. The van der Waals surface area contributed by atoms with E-state index >= 15 is 0 Å². The smallest absolute Gasteiger partial charge is 0.263 e. The van der Waals surface area contributed by atoms with Crippen LogP contribution in [0.25, 0.3) is 0 Å². The molecule has 7 heteroatoms. The number of amides is 1. The molecule has 0 saturated carbocycles. The van der Waals surface area contributed by atoms with Gasteiger partial charge in [-0.05, 0) is 24.2 Å². The lowest BCUT2D eigenvalue weighted by molar-refractivity contribution is 0.0989. The minimum Gasteiger partial charge on any atom is -0.493 e. The third kappa shape index (κ3) is 2.83. The first-order valence-corrected chi connectivity index (χ1v) is 6.78. The van der Waals surface area contributed by atoms with Crippen LogP contribution in [0.3, 0.4) is 0 Å². The SMILES string of the molecule is CCOc1ccccc1C(=O)N(C)c1ncc(N=O)s1. The lowest BCUT2D eigenvalue weighted by Gasteiger charge is -2.16. The second kappa shape index (κ2) is 6.25. The zero-order chi connectivity index (χ0) is 14.5. The first-order valence-electron chi connectivity index (χ1n) is 5.96. The molecule has 0 unspecified atom stereocenters. The minimum atomic E-state index is -0.249. The molecule has 1 amide bonds. The van der Waals surface area contributed by atoms with E-state index in [0.29, 0.717) is 23.1 Å². The maximum absolute atomic E-state index is 12.4. The van der Waals surface area contributed by atoms with E-state index in [1.165, 1.54) is 11.1 Å². The lowest BCUT2D eigenvalue weighted by atomic mass is 10.2. The number of carbonyl (C=O) groups is 1. The van der Waals surface area contributed by atoms with Crippen LogP contribution in [0.1, 0.15) is 17.3 Å². The molecule has 2 rings (SSSR count). The summed E-state index contributed by atoms with van der Waals surface area (Å²) in [5.41, 5.74) is 0.452. The summed E-state index contributed by atoms with van der Waals surface area (Å²) in [7, 11) is 1.60. The molecule has 0 N–H and O–H groups in total. The number of carbonyl (C=O) groups excluding carboxylic acids is 1. The van der Waals surface area contributed by atoms with Gasteiger partial charge in [0.25, 0.3) is 5.91 Å². The molecule has 20 heavy (non-hydrogen) atoms. The molecule has 1 aromatic carbocycles. The summed E-state index contributed by atoms with van der Waals surface area (Å²) >= 11 is 1.06. The number of ether oxygens (including phenoxy) is 1. The molecule has 0 aliphatic carbocycles. The standard InChI is InChI=1S/C13H13N3O3S/c1-3-19-10-7-5-4-6-9(10)12(17)16(2)13-14-8-11(15-18)20-13/h4-8H,3H2,1-2H3. The molecule has 0 fully saturated rings. The summed E-state index contributed by atoms with van der Waals surface area (Å²) < 4.78 is 5.44. The van der Waals surface area contributed by atoms with Crippen LogP contribution >= 0.6 is 11.3 Å². The number of aromatic nitrogens is 1. The summed E-state index contributed by atoms with van der Waals surface area (Å²) in [4.78, 5) is 28.2. The largest absolute Gasteiger partial charge is 0.493 e. The van der Waals surface area contributed by atoms with Crippen LogP contribution in [-0.4, -0.2) is 24.5 Å². The highest BCUT2D eigenvalue weighted by molar-refractivity contribution is 7.19. The van der Waals surface area contributed by atoms with E-state index < -0.39 is 0 Å². The third-order valence-electron chi connectivity index (χ3n) is 2.58. The van der Waals surface area contributed by atoms with Crippen molar-refractivity contribution in [1.82, 2.24) is 4.98 Å². The number of benzene rings is 1. The average Bonchev–Trinajstić information content (AvgIpc) is 2.95. The molecule has 1 heterocycles. The van der Waals surface area contributed by atoms with E-state index in [9.17, 15) is 9.70 Å². The van der Waals surface area contributed by atoms with E-state index in [-0.39, 0.29) is 10.9 Å². The van der Waals surface area contributed by atoms with Gasteiger partial charge in [-0.3, -0.25) is 9.69 Å². The van der Waals surface area contributed by atoms with E-state index in [1.54, 1.807) is 31.3 Å². The van der Waals surface area contributed by atoms with Crippen molar-refractivity contribution in [3.05, 3.63) is 40.9 Å². The molecule has 0 aliphatic heterocycles. The van der Waals surface area contributed by atoms with Crippen molar-refractivity contribution in [2.45, 2.75) is 6.92 Å². The lowest BCUT2D eigenvalue weighted by Crippen LogP contribution is -2.26. The first kappa shape index (κ1) is 14.1. The Morgan fingerprint density at radius 2 is 2.20 bits per heavy atom. The van der Waals surface area contributed by atoms with Crippen LogP contribution in [0.15, 0.2) is 35.6 Å². The highest BCUT2D eigenvalue weighted by Crippen LogP contribution is 2.30. The number of nitrogens with zero attached hydrogens (tertiary/aromatic N) is 3. The van der Waals surface area contributed by atoms with Gasteiger partial charge in [0, 0.05) is 7.05 Å². The molecule has 2 aromatic rings. The third-order valence-corrected chi connectivity index (χ3v) is 3.53. The van der Waals surface area contributed by atoms with Gasteiger partial charge >= 0.3 is 0 Å². The van der Waals surface area contributed by atoms with Gasteiger partial charge in [0.05, 0.1) is 18.4 Å². The Hall–Kier alpha value is -2.28. The number of nitroso groups, excluding NO2 is 1. The summed E-state index contributed by atoms with van der Waals surface area (Å²) in [6.07, 6.45) is 1.34. The van der Waals surface area contributed by atoms with Crippen LogP contribution in [0.4, 0.5) is 10.1 Å². The van der Waals surface area contributed by atoms with Crippen molar-refractivity contribution in [2.24, 2.45) is 5.18 Å². The molecule has 0 bridgehead atoms. The van der Waals surface area contributed by atoms with Gasteiger partial charge in [-0.1, -0.05) is 23.5 Å². The average molecular weight is 291 g/mol. The van der Waals surface area contributed by atoms with Crippen LogP contribution in [0.5, 0.6) is 5.75 Å². The fourth-order valence-electron chi connectivity index (χ4n) is 1.65. The molecule has 104 valence electrons. The van der Waals surface area contributed by atoms with Gasteiger partial charge in [-0.25, -0.2) is 4.98 Å². The Kier molecular flexibility index (Phi) is 4.41. The molecule has 0 aliphatic rings. The second-order valence-corrected chi connectivity index (χ2v) is 4.85. The quantitative estimate of drug-likeness (QED) is 0.793. The van der Waals surface area contributed by atoms with Crippen LogP contribution in [0.2, 0.25) is 0 Å². The topological polar surface area (TPSA) is 71.9 Å². The Morgan fingerprint density at radius 3 is 2.85 bits per heavy atom. The van der Waals surface area contributed by atoms with Crippen molar-refractivity contribution in [1.29, 1.82) is 0 Å². The zero-order valence-electron chi connectivity index (χ0n) is 11.1. The Balaban J connectivity index is 2.28. The van der Waals surface area contributed by atoms with Gasteiger partial charge in [0.2, 0.25) is 0 Å². The van der Waals surface area contributed by atoms with Crippen LogP contribution < -0.4 is 9.64 Å². The fourth-order valence-corrected chi connectivity index (χ4v) is 2.30. The van der Waals surface area contributed by atoms with Gasteiger partial charge in [0.1, 0.15) is 5.75 Å². The van der Waals surface area contributed by atoms with Crippen LogP contribution in [-0.2, 0) is 0 Å². The number of para-hydroxylation sites is 1. The highest BCUT2D eigenvalue weighted by Gasteiger charge is 2.20. The Labute approximate surface area is 120 Å². The first-order chi connectivity index (χ1) is 9.67. The molecular formula is C13H13N3O3S. The number of hydrogen-bond acceptors (Lipinski definition) is 6. The van der Waals surface area contributed by atoms with E-state index in [0.717, 1.165) is 11.3 Å². The van der Waals surface area contributed by atoms with Gasteiger partial charge in [-0.2, -0.15) is 0 Å². The van der Waals surface area contributed by atoms with Gasteiger partial charge < -0.3 is 4.74 Å². The van der Waals surface area contributed by atoms with Gasteiger partial charge in [-0.15, -0.1) is 4.91 Å². The van der Waals surface area contributed by atoms with Crippen molar-refractivity contribution in [3.8, 4) is 5.75 Å². The normalized spacial score (nSPS) is 10.1. The summed E-state index contributed by atoms with van der Waals surface area (Å²) in [5, 5.41) is 3.44. The van der Waals surface area contributed by atoms with Crippen molar-refractivity contribution in [2.75, 3.05) is 18.6 Å². The monoisotopic (exact) mass is 291 g/mol. The maximum Gasteiger partial charge on any atom is 0.263 e. The molecular weight excluding hydrogens is 278 g/mol. The number of rotatable bonds is 5. The number of hydrogen-bond donors (Lipinski definition) is 0. The highest BCUT2D eigenvalue weighted by atomic mass is 32.1. The predicted octanol–water partition coefficient (Wildman–Crippen LogP) is 3.22. The Morgan fingerprint density at radius 1 is 1.45 bits per heavy atom. The predicted molar refractivity (Wildman–Crippen MR) is 77.9 cm³/mol. The van der Waals surface area contributed by atoms with Crippen molar-refractivity contribution < 1.29 is 9.53 Å².